The molecule has 0 aliphatic carbocycles. The SMILES string of the molecule is CCCCCCCCCC(NN)c1cccnc1C. The molecule has 1 atom stereocenters. The number of aryl methyl sites for hydroxylation is 1. The van der Waals surface area contributed by atoms with E-state index in [4.69, 9.17) is 5.84 Å². The lowest BCUT2D eigenvalue weighted by atomic mass is 9.99. The normalized spacial score (nSPS) is 12.6. The first-order valence-corrected chi connectivity index (χ1v) is 7.67. The van der Waals surface area contributed by atoms with Crippen LogP contribution >= 0.6 is 0 Å². The number of nitrogens with one attached hydrogen (secondary N) is 1. The van der Waals surface area contributed by atoms with Crippen LogP contribution in [0.15, 0.2) is 18.3 Å². The van der Waals surface area contributed by atoms with Gasteiger partial charge in [-0.2, -0.15) is 0 Å². The van der Waals surface area contributed by atoms with Crippen LogP contribution in [-0.4, -0.2) is 4.98 Å². The summed E-state index contributed by atoms with van der Waals surface area (Å²) in [6.45, 7) is 4.30. The maximum Gasteiger partial charge on any atom is 0.0477 e. The highest BCUT2D eigenvalue weighted by Crippen LogP contribution is 2.21. The first-order valence-electron chi connectivity index (χ1n) is 7.67. The number of nitrogens with two attached hydrogens (primary N) is 1. The number of nitrogens with zero attached hydrogens (tertiary/aromatic N) is 1. The Morgan fingerprint density at radius 3 is 2.47 bits per heavy atom. The summed E-state index contributed by atoms with van der Waals surface area (Å²) in [5.41, 5.74) is 5.24. The quantitative estimate of drug-likeness (QED) is 0.380. The van der Waals surface area contributed by atoms with Crippen LogP contribution in [0.5, 0.6) is 0 Å². The number of rotatable bonds is 10. The third kappa shape index (κ3) is 6.17. The van der Waals surface area contributed by atoms with Crippen molar-refractivity contribution in [1.29, 1.82) is 0 Å². The van der Waals surface area contributed by atoms with Crippen LogP contribution in [0.25, 0.3) is 0 Å². The number of hydrazine groups is 1. The zero-order chi connectivity index (χ0) is 13.9. The molecule has 0 saturated heterocycles. The predicted molar refractivity (Wildman–Crippen MR) is 81.6 cm³/mol. The van der Waals surface area contributed by atoms with Gasteiger partial charge < -0.3 is 0 Å². The fourth-order valence-corrected chi connectivity index (χ4v) is 2.50. The van der Waals surface area contributed by atoms with Crippen LogP contribution in [0.2, 0.25) is 0 Å². The van der Waals surface area contributed by atoms with E-state index in [1.54, 1.807) is 0 Å². The molecule has 0 aromatic carbocycles. The summed E-state index contributed by atoms with van der Waals surface area (Å²) in [4.78, 5) is 4.33. The molecule has 0 aliphatic heterocycles. The van der Waals surface area contributed by atoms with Crippen LogP contribution in [-0.2, 0) is 0 Å². The number of unbranched alkanes of at least 4 members (excludes halogenated alkanes) is 6. The Hall–Kier alpha value is -0.930. The third-order valence-electron chi connectivity index (χ3n) is 3.72. The summed E-state index contributed by atoms with van der Waals surface area (Å²) < 4.78 is 0. The van der Waals surface area contributed by atoms with Gasteiger partial charge in [0.05, 0.1) is 0 Å². The molecule has 3 N–H and O–H groups in total. The van der Waals surface area contributed by atoms with Gasteiger partial charge in [-0.25, -0.2) is 0 Å². The highest BCUT2D eigenvalue weighted by Gasteiger charge is 2.11. The summed E-state index contributed by atoms with van der Waals surface area (Å²) >= 11 is 0. The molecular formula is C16H29N3. The Bertz CT molecular complexity index is 339. The van der Waals surface area contributed by atoms with E-state index < -0.39 is 0 Å². The molecule has 0 aliphatic rings. The van der Waals surface area contributed by atoms with Crippen molar-refractivity contribution >= 4 is 0 Å². The van der Waals surface area contributed by atoms with Gasteiger partial charge in [0.25, 0.3) is 0 Å². The zero-order valence-corrected chi connectivity index (χ0v) is 12.5. The summed E-state index contributed by atoms with van der Waals surface area (Å²) in [5.74, 6) is 5.68. The second-order valence-corrected chi connectivity index (χ2v) is 5.31. The third-order valence-corrected chi connectivity index (χ3v) is 3.72. The average Bonchev–Trinajstić information content (AvgIpc) is 2.43. The minimum Gasteiger partial charge on any atom is -0.271 e. The number of hydrogen-bond donors (Lipinski definition) is 2. The lowest BCUT2D eigenvalue weighted by molar-refractivity contribution is 0.473. The average molecular weight is 263 g/mol. The molecule has 108 valence electrons. The zero-order valence-electron chi connectivity index (χ0n) is 12.5. The van der Waals surface area contributed by atoms with Gasteiger partial charge >= 0.3 is 0 Å². The summed E-state index contributed by atoms with van der Waals surface area (Å²) in [5, 5.41) is 0. The van der Waals surface area contributed by atoms with Crippen LogP contribution in [0, 0.1) is 6.92 Å². The maximum absolute atomic E-state index is 5.68. The number of aromatic nitrogens is 1. The van der Waals surface area contributed by atoms with E-state index in [1.807, 2.05) is 19.2 Å². The second-order valence-electron chi connectivity index (χ2n) is 5.31. The van der Waals surface area contributed by atoms with Crippen molar-refractivity contribution in [2.75, 3.05) is 0 Å². The van der Waals surface area contributed by atoms with E-state index in [0.29, 0.717) is 0 Å². The highest BCUT2D eigenvalue weighted by atomic mass is 15.2. The Balaban J connectivity index is 2.24. The topological polar surface area (TPSA) is 50.9 Å². The highest BCUT2D eigenvalue weighted by molar-refractivity contribution is 5.22. The van der Waals surface area contributed by atoms with Crippen molar-refractivity contribution in [1.82, 2.24) is 10.4 Å². The first-order chi connectivity index (χ1) is 9.29. The van der Waals surface area contributed by atoms with Crippen LogP contribution < -0.4 is 11.3 Å². The number of hydrogen-bond acceptors (Lipinski definition) is 3. The molecule has 1 rings (SSSR count). The summed E-state index contributed by atoms with van der Waals surface area (Å²) in [7, 11) is 0. The Kier molecular flexibility index (Phi) is 8.43. The molecule has 0 radical (unpaired) electrons. The molecule has 0 bridgehead atoms. The molecule has 0 saturated carbocycles. The van der Waals surface area contributed by atoms with Crippen molar-refractivity contribution in [3.05, 3.63) is 29.6 Å². The van der Waals surface area contributed by atoms with E-state index in [-0.39, 0.29) is 6.04 Å². The molecule has 0 spiro atoms. The van der Waals surface area contributed by atoms with Gasteiger partial charge in [0.2, 0.25) is 0 Å². The van der Waals surface area contributed by atoms with E-state index in [1.165, 1.54) is 50.5 Å². The minimum absolute atomic E-state index is 0.240. The molecule has 3 heteroatoms. The van der Waals surface area contributed by atoms with E-state index in [9.17, 15) is 0 Å². The van der Waals surface area contributed by atoms with Crippen LogP contribution in [0.4, 0.5) is 0 Å². The molecule has 1 aromatic rings. The van der Waals surface area contributed by atoms with Gasteiger partial charge in [-0.15, -0.1) is 0 Å². The largest absolute Gasteiger partial charge is 0.271 e. The molecule has 3 nitrogen and oxygen atoms in total. The van der Waals surface area contributed by atoms with Crippen LogP contribution in [0.3, 0.4) is 0 Å². The van der Waals surface area contributed by atoms with Crippen molar-refractivity contribution in [2.24, 2.45) is 5.84 Å². The van der Waals surface area contributed by atoms with E-state index in [0.717, 1.165) is 12.1 Å². The van der Waals surface area contributed by atoms with Gasteiger partial charge in [0, 0.05) is 17.9 Å². The van der Waals surface area contributed by atoms with Crippen molar-refractivity contribution in [3.63, 3.8) is 0 Å². The van der Waals surface area contributed by atoms with Gasteiger partial charge in [0.1, 0.15) is 0 Å². The predicted octanol–water partition coefficient (Wildman–Crippen LogP) is 4.04. The first kappa shape index (κ1) is 16.1. The molecule has 0 fully saturated rings. The summed E-state index contributed by atoms with van der Waals surface area (Å²) in [6.07, 6.45) is 12.3. The fraction of sp³-hybridized carbons (Fsp3) is 0.688. The smallest absolute Gasteiger partial charge is 0.0477 e. The molecule has 1 aromatic heterocycles. The van der Waals surface area contributed by atoms with Gasteiger partial charge in [0.15, 0.2) is 0 Å². The Labute approximate surface area is 118 Å². The van der Waals surface area contributed by atoms with Gasteiger partial charge in [-0.1, -0.05) is 57.9 Å². The van der Waals surface area contributed by atoms with Gasteiger partial charge in [-0.05, 0) is 25.0 Å². The monoisotopic (exact) mass is 263 g/mol. The number of pyridine rings is 1. The molecule has 1 heterocycles. The Morgan fingerprint density at radius 2 is 1.84 bits per heavy atom. The van der Waals surface area contributed by atoms with Gasteiger partial charge in [-0.3, -0.25) is 16.3 Å². The second kappa shape index (κ2) is 9.93. The van der Waals surface area contributed by atoms with E-state index >= 15 is 0 Å². The molecule has 0 amide bonds. The molecular weight excluding hydrogens is 234 g/mol. The molecule has 1 unspecified atom stereocenters. The lowest BCUT2D eigenvalue weighted by Crippen LogP contribution is -2.28. The van der Waals surface area contributed by atoms with Crippen molar-refractivity contribution < 1.29 is 0 Å². The standard InChI is InChI=1S/C16H29N3/c1-3-4-5-6-7-8-9-12-16(19-17)15-11-10-13-18-14(15)2/h10-11,13,16,19H,3-9,12,17H2,1-2H3. The van der Waals surface area contributed by atoms with E-state index in [2.05, 4.69) is 23.4 Å². The minimum atomic E-state index is 0.240. The maximum atomic E-state index is 5.68. The fourth-order valence-electron chi connectivity index (χ4n) is 2.50. The van der Waals surface area contributed by atoms with Crippen molar-refractivity contribution in [2.45, 2.75) is 71.3 Å². The Morgan fingerprint density at radius 1 is 1.16 bits per heavy atom. The molecule has 19 heavy (non-hydrogen) atoms. The van der Waals surface area contributed by atoms with Crippen LogP contribution in [0.1, 0.15) is 75.6 Å². The van der Waals surface area contributed by atoms with Crippen molar-refractivity contribution in [3.8, 4) is 0 Å². The summed E-state index contributed by atoms with van der Waals surface area (Å²) in [6, 6.07) is 4.34. The lowest BCUT2D eigenvalue weighted by Gasteiger charge is -2.17.